The van der Waals surface area contributed by atoms with Gasteiger partial charge in [0.25, 0.3) is 5.91 Å². The van der Waals surface area contributed by atoms with Gasteiger partial charge in [-0.05, 0) is 42.2 Å². The zero-order chi connectivity index (χ0) is 22.2. The fraction of sp³-hybridized carbons (Fsp3) is 0.0417. The van der Waals surface area contributed by atoms with Crippen LogP contribution >= 0.6 is 46.3 Å². The standard InChI is InChI=1S/C24H15Cl2N3OS2/c1-31-16-9-7-14(8-10-16)11-20-23(30)29(22(27-20)15-5-3-2-4-6-15)24-28-19-12-17(25)18(26)13-21(19)32-24/h2-13H,1H3. The molecular formula is C24H15Cl2N3OS2. The summed E-state index contributed by atoms with van der Waals surface area (Å²) in [5, 5.41) is 1.40. The summed E-state index contributed by atoms with van der Waals surface area (Å²) >= 11 is 15.4. The van der Waals surface area contributed by atoms with Crippen molar-refractivity contribution in [3.05, 3.63) is 93.6 Å². The number of thiazole rings is 1. The summed E-state index contributed by atoms with van der Waals surface area (Å²) in [5.74, 6) is 0.313. The number of anilines is 1. The van der Waals surface area contributed by atoms with E-state index in [0.717, 1.165) is 20.7 Å². The van der Waals surface area contributed by atoms with Gasteiger partial charge in [0.15, 0.2) is 5.13 Å². The second-order valence-corrected chi connectivity index (χ2v) is 9.68. The van der Waals surface area contributed by atoms with E-state index in [2.05, 4.69) is 4.98 Å². The van der Waals surface area contributed by atoms with Gasteiger partial charge in [-0.3, -0.25) is 4.79 Å². The molecule has 4 nitrogen and oxygen atoms in total. The second-order valence-electron chi connectivity index (χ2n) is 6.98. The molecule has 1 aliphatic rings. The zero-order valence-corrected chi connectivity index (χ0v) is 19.9. The quantitative estimate of drug-likeness (QED) is 0.223. The molecule has 0 saturated carbocycles. The molecule has 0 bridgehead atoms. The molecule has 0 spiro atoms. The van der Waals surface area contributed by atoms with Crippen molar-refractivity contribution in [1.29, 1.82) is 0 Å². The number of nitrogens with zero attached hydrogens (tertiary/aromatic N) is 3. The van der Waals surface area contributed by atoms with E-state index in [1.807, 2.05) is 60.9 Å². The normalized spacial score (nSPS) is 15.1. The molecule has 32 heavy (non-hydrogen) atoms. The van der Waals surface area contributed by atoms with Gasteiger partial charge >= 0.3 is 0 Å². The summed E-state index contributed by atoms with van der Waals surface area (Å²) in [5.41, 5.74) is 2.78. The Balaban J connectivity index is 1.61. The molecule has 0 saturated heterocycles. The Hall–Kier alpha value is -2.64. The summed E-state index contributed by atoms with van der Waals surface area (Å²) in [6, 6.07) is 21.1. The van der Waals surface area contributed by atoms with Crippen LogP contribution in [0.3, 0.4) is 0 Å². The molecule has 0 fully saturated rings. The van der Waals surface area contributed by atoms with E-state index in [0.29, 0.717) is 32.2 Å². The summed E-state index contributed by atoms with van der Waals surface area (Å²) < 4.78 is 0.847. The first-order chi connectivity index (χ1) is 15.5. The Kier molecular flexibility index (Phi) is 5.78. The molecule has 0 radical (unpaired) electrons. The topological polar surface area (TPSA) is 45.6 Å². The maximum atomic E-state index is 13.5. The van der Waals surface area contributed by atoms with Gasteiger partial charge in [-0.15, -0.1) is 11.8 Å². The fourth-order valence-corrected chi connectivity index (χ4v) is 5.12. The van der Waals surface area contributed by atoms with Crippen LogP contribution in [0, 0.1) is 0 Å². The highest BCUT2D eigenvalue weighted by atomic mass is 35.5. The Labute approximate surface area is 203 Å². The van der Waals surface area contributed by atoms with Gasteiger partial charge in [0.1, 0.15) is 11.5 Å². The van der Waals surface area contributed by atoms with Crippen LogP contribution in [0.25, 0.3) is 16.3 Å². The number of hydrogen-bond donors (Lipinski definition) is 0. The number of amidine groups is 1. The largest absolute Gasteiger partial charge is 0.284 e. The highest BCUT2D eigenvalue weighted by Gasteiger charge is 2.34. The molecule has 0 aliphatic carbocycles. The van der Waals surface area contributed by atoms with Crippen LogP contribution in [0.5, 0.6) is 0 Å². The van der Waals surface area contributed by atoms with Crippen molar-refractivity contribution < 1.29 is 4.79 Å². The number of aromatic nitrogens is 1. The van der Waals surface area contributed by atoms with Gasteiger partial charge in [-0.2, -0.15) is 0 Å². The average Bonchev–Trinajstić information content (AvgIpc) is 3.35. The number of benzene rings is 3. The van der Waals surface area contributed by atoms with Crippen molar-refractivity contribution >= 4 is 79.5 Å². The van der Waals surface area contributed by atoms with Gasteiger partial charge in [-0.25, -0.2) is 14.9 Å². The van der Waals surface area contributed by atoms with Crippen LogP contribution in [-0.4, -0.2) is 23.0 Å². The molecule has 3 aromatic carbocycles. The lowest BCUT2D eigenvalue weighted by atomic mass is 10.2. The number of rotatable bonds is 4. The van der Waals surface area contributed by atoms with Gasteiger partial charge in [0.2, 0.25) is 0 Å². The smallest absolute Gasteiger partial charge is 0.266 e. The lowest BCUT2D eigenvalue weighted by molar-refractivity contribution is -0.113. The fourth-order valence-electron chi connectivity index (χ4n) is 3.34. The molecule has 1 aliphatic heterocycles. The van der Waals surface area contributed by atoms with Crippen molar-refractivity contribution in [3.8, 4) is 0 Å². The second kappa shape index (κ2) is 8.71. The van der Waals surface area contributed by atoms with Crippen molar-refractivity contribution in [2.45, 2.75) is 4.90 Å². The minimum absolute atomic E-state index is 0.228. The summed E-state index contributed by atoms with van der Waals surface area (Å²) in [7, 11) is 0. The minimum Gasteiger partial charge on any atom is -0.266 e. The molecule has 0 atom stereocenters. The summed E-state index contributed by atoms with van der Waals surface area (Å²) in [4.78, 5) is 25.6. The van der Waals surface area contributed by atoms with Gasteiger partial charge < -0.3 is 0 Å². The SMILES string of the molecule is CSc1ccc(C=C2N=C(c3ccccc3)N(c3nc4cc(Cl)c(Cl)cc4s3)C2=O)cc1. The van der Waals surface area contributed by atoms with Gasteiger partial charge in [-0.1, -0.05) is 77.0 Å². The lowest BCUT2D eigenvalue weighted by Crippen LogP contribution is -2.32. The minimum atomic E-state index is -0.228. The van der Waals surface area contributed by atoms with Crippen molar-refractivity contribution in [2.24, 2.45) is 4.99 Å². The number of amides is 1. The molecular weight excluding hydrogens is 481 g/mol. The lowest BCUT2D eigenvalue weighted by Gasteiger charge is -2.14. The third-order valence-corrected chi connectivity index (χ3v) is 7.39. The Morgan fingerprint density at radius 3 is 2.44 bits per heavy atom. The van der Waals surface area contributed by atoms with Crippen molar-refractivity contribution in [3.63, 3.8) is 0 Å². The maximum Gasteiger partial charge on any atom is 0.284 e. The molecule has 5 rings (SSSR count). The van der Waals surface area contributed by atoms with Crippen LogP contribution in [0.15, 0.2) is 82.3 Å². The molecule has 1 amide bonds. The summed E-state index contributed by atoms with van der Waals surface area (Å²) in [6.07, 6.45) is 3.83. The maximum absolute atomic E-state index is 13.5. The third kappa shape index (κ3) is 3.95. The molecule has 2 heterocycles. The van der Waals surface area contributed by atoms with Crippen molar-refractivity contribution in [1.82, 2.24) is 4.98 Å². The monoisotopic (exact) mass is 495 g/mol. The molecule has 4 aromatic rings. The van der Waals surface area contributed by atoms with Crippen LogP contribution < -0.4 is 4.90 Å². The first kappa shape index (κ1) is 21.2. The van der Waals surface area contributed by atoms with E-state index < -0.39 is 0 Å². The molecule has 0 unspecified atom stereocenters. The van der Waals surface area contributed by atoms with Gasteiger partial charge in [0.05, 0.1) is 20.3 Å². The third-order valence-electron chi connectivity index (χ3n) is 4.92. The predicted molar refractivity (Wildman–Crippen MR) is 136 cm³/mol. The number of carbonyl (C=O) groups excluding carboxylic acids is 1. The van der Waals surface area contributed by atoms with Gasteiger partial charge in [0, 0.05) is 10.5 Å². The average molecular weight is 496 g/mol. The number of carbonyl (C=O) groups is 1. The number of fused-ring (bicyclic) bond motifs is 1. The van der Waals surface area contributed by atoms with E-state index >= 15 is 0 Å². The number of thioether (sulfide) groups is 1. The first-order valence-electron chi connectivity index (χ1n) is 9.63. The molecule has 0 N–H and O–H groups in total. The summed E-state index contributed by atoms with van der Waals surface area (Å²) in [6.45, 7) is 0. The number of aliphatic imine (C=N–C) groups is 1. The van der Waals surface area contributed by atoms with E-state index in [1.54, 1.807) is 34.9 Å². The Morgan fingerprint density at radius 1 is 1.00 bits per heavy atom. The highest BCUT2D eigenvalue weighted by molar-refractivity contribution is 7.98. The Morgan fingerprint density at radius 2 is 1.72 bits per heavy atom. The van der Waals surface area contributed by atoms with Crippen LogP contribution in [0.1, 0.15) is 11.1 Å². The number of halogens is 2. The van der Waals surface area contributed by atoms with E-state index in [4.69, 9.17) is 28.2 Å². The Bertz CT molecular complexity index is 1360. The van der Waals surface area contributed by atoms with E-state index in [1.165, 1.54) is 11.3 Å². The van der Waals surface area contributed by atoms with E-state index in [-0.39, 0.29) is 5.91 Å². The first-order valence-corrected chi connectivity index (χ1v) is 12.4. The van der Waals surface area contributed by atoms with E-state index in [9.17, 15) is 4.79 Å². The van der Waals surface area contributed by atoms with Crippen molar-refractivity contribution in [2.75, 3.05) is 11.2 Å². The van der Waals surface area contributed by atoms with Crippen LogP contribution in [0.4, 0.5) is 5.13 Å². The van der Waals surface area contributed by atoms with Crippen LogP contribution in [0.2, 0.25) is 10.0 Å². The molecule has 1 aromatic heterocycles. The predicted octanol–water partition coefficient (Wildman–Crippen LogP) is 7.16. The zero-order valence-electron chi connectivity index (χ0n) is 16.8. The number of hydrogen-bond acceptors (Lipinski definition) is 5. The van der Waals surface area contributed by atoms with Crippen LogP contribution in [-0.2, 0) is 4.79 Å². The molecule has 8 heteroatoms. The molecule has 158 valence electrons. The highest BCUT2D eigenvalue weighted by Crippen LogP contribution is 2.37.